The molecule has 0 aliphatic carbocycles. The van der Waals surface area contributed by atoms with E-state index in [4.69, 9.17) is 15.1 Å². The Labute approximate surface area is 125 Å². The number of benzene rings is 1. The summed E-state index contributed by atoms with van der Waals surface area (Å²) < 4.78 is 5.54. The molecule has 1 aromatic rings. The molecule has 0 fully saturated rings. The van der Waals surface area contributed by atoms with E-state index < -0.39 is 12.1 Å². The number of hydrogen-bond donors (Lipinski definition) is 2. The zero-order valence-corrected chi connectivity index (χ0v) is 12.9. The fraction of sp³-hybridized carbons (Fsp3) is 0.500. The van der Waals surface area contributed by atoms with Gasteiger partial charge in [-0.15, -0.1) is 0 Å². The van der Waals surface area contributed by atoms with Gasteiger partial charge in [-0.05, 0) is 30.0 Å². The highest BCUT2D eigenvalue weighted by molar-refractivity contribution is 5.81. The Bertz CT molecular complexity index is 529. The maximum Gasteiger partial charge on any atom is 0.261 e. The van der Waals surface area contributed by atoms with Crippen molar-refractivity contribution in [3.05, 3.63) is 29.8 Å². The molecular formula is C16H22N2O3. The largest absolute Gasteiger partial charge is 0.481 e. The van der Waals surface area contributed by atoms with E-state index in [1.54, 1.807) is 31.2 Å². The first-order valence-electron chi connectivity index (χ1n) is 6.84. The van der Waals surface area contributed by atoms with Crippen LogP contribution >= 0.6 is 0 Å². The Hall–Kier alpha value is -2.06. The molecule has 5 heteroatoms. The van der Waals surface area contributed by atoms with Crippen LogP contribution < -0.4 is 10.1 Å². The van der Waals surface area contributed by atoms with Crippen LogP contribution in [0.25, 0.3) is 0 Å². The zero-order chi connectivity index (χ0) is 16.0. The van der Waals surface area contributed by atoms with E-state index in [1.165, 1.54) is 0 Å². The van der Waals surface area contributed by atoms with E-state index in [9.17, 15) is 4.79 Å². The van der Waals surface area contributed by atoms with Crippen molar-refractivity contribution in [1.82, 2.24) is 5.32 Å². The Morgan fingerprint density at radius 1 is 1.48 bits per heavy atom. The molecular weight excluding hydrogens is 268 g/mol. The second-order valence-electron chi connectivity index (χ2n) is 6.00. The van der Waals surface area contributed by atoms with E-state index in [1.807, 2.05) is 20.8 Å². The molecule has 0 aromatic heterocycles. The molecule has 0 spiro atoms. The fourth-order valence-electron chi connectivity index (χ4n) is 1.68. The average molecular weight is 290 g/mol. The van der Waals surface area contributed by atoms with Crippen molar-refractivity contribution in [2.75, 3.05) is 0 Å². The van der Waals surface area contributed by atoms with Crippen LogP contribution in [0.2, 0.25) is 0 Å². The van der Waals surface area contributed by atoms with Gasteiger partial charge in [-0.25, -0.2) is 0 Å². The summed E-state index contributed by atoms with van der Waals surface area (Å²) in [6.07, 6.45) is -0.725. The predicted molar refractivity (Wildman–Crippen MR) is 79.5 cm³/mol. The van der Waals surface area contributed by atoms with Gasteiger partial charge in [-0.3, -0.25) is 4.79 Å². The summed E-state index contributed by atoms with van der Waals surface area (Å²) in [4.78, 5) is 12.1. The second kappa shape index (κ2) is 7.09. The molecule has 0 saturated carbocycles. The number of carbonyl (C=O) groups is 1. The Morgan fingerprint density at radius 3 is 2.67 bits per heavy atom. The zero-order valence-electron chi connectivity index (χ0n) is 12.9. The Balaban J connectivity index is 2.68. The summed E-state index contributed by atoms with van der Waals surface area (Å²) in [7, 11) is 0. The van der Waals surface area contributed by atoms with Crippen LogP contribution in [0, 0.1) is 16.7 Å². The predicted octanol–water partition coefficient (Wildman–Crippen LogP) is 2.00. The van der Waals surface area contributed by atoms with Crippen molar-refractivity contribution < 1.29 is 14.6 Å². The third-order valence-corrected chi connectivity index (χ3v) is 3.04. The summed E-state index contributed by atoms with van der Waals surface area (Å²) in [5.74, 6) is 0.166. The topological polar surface area (TPSA) is 82.3 Å². The first kappa shape index (κ1) is 17.0. The minimum atomic E-state index is -0.725. The van der Waals surface area contributed by atoms with Crippen LogP contribution in [0.4, 0.5) is 0 Å². The van der Waals surface area contributed by atoms with Gasteiger partial charge in [0.1, 0.15) is 11.8 Å². The quantitative estimate of drug-likeness (QED) is 0.869. The first-order chi connectivity index (χ1) is 9.77. The van der Waals surface area contributed by atoms with Crippen LogP contribution in [0.15, 0.2) is 24.3 Å². The second-order valence-corrected chi connectivity index (χ2v) is 6.00. The summed E-state index contributed by atoms with van der Waals surface area (Å²) in [5.41, 5.74) is 0.366. The van der Waals surface area contributed by atoms with Crippen LogP contribution in [-0.2, 0) is 11.4 Å². The molecule has 0 heterocycles. The van der Waals surface area contributed by atoms with Gasteiger partial charge in [0.25, 0.3) is 5.91 Å². The lowest BCUT2D eigenvalue weighted by Crippen LogP contribution is -2.47. The molecule has 0 radical (unpaired) electrons. The van der Waals surface area contributed by atoms with E-state index in [-0.39, 0.29) is 17.9 Å². The first-order valence-corrected chi connectivity index (χ1v) is 6.84. The highest BCUT2D eigenvalue weighted by atomic mass is 16.5. The van der Waals surface area contributed by atoms with Gasteiger partial charge >= 0.3 is 0 Å². The molecule has 21 heavy (non-hydrogen) atoms. The number of carbonyl (C=O) groups excluding carboxylic acids is 1. The molecule has 5 nitrogen and oxygen atoms in total. The number of hydrogen-bond acceptors (Lipinski definition) is 4. The molecule has 2 atom stereocenters. The van der Waals surface area contributed by atoms with Crippen molar-refractivity contribution in [2.24, 2.45) is 5.41 Å². The van der Waals surface area contributed by atoms with Gasteiger partial charge in [-0.1, -0.05) is 32.9 Å². The normalized spacial score (nSPS) is 13.9. The smallest absolute Gasteiger partial charge is 0.261 e. The SMILES string of the molecule is CC(Oc1cccc(CO)c1)C(=O)NC(C#N)C(C)(C)C. The molecule has 1 rings (SSSR count). The maximum absolute atomic E-state index is 12.1. The van der Waals surface area contributed by atoms with Gasteiger partial charge in [-0.2, -0.15) is 5.26 Å². The van der Waals surface area contributed by atoms with E-state index >= 15 is 0 Å². The van der Waals surface area contributed by atoms with Gasteiger partial charge in [0.2, 0.25) is 0 Å². The third kappa shape index (κ3) is 5.09. The number of nitriles is 1. The summed E-state index contributed by atoms with van der Waals surface area (Å²) in [6, 6.07) is 8.41. The van der Waals surface area contributed by atoms with Crippen LogP contribution in [0.1, 0.15) is 33.3 Å². The summed E-state index contributed by atoms with van der Waals surface area (Å²) in [5, 5.41) is 20.9. The summed E-state index contributed by atoms with van der Waals surface area (Å²) >= 11 is 0. The van der Waals surface area contributed by atoms with Gasteiger partial charge in [0.15, 0.2) is 6.10 Å². The highest BCUT2D eigenvalue weighted by Gasteiger charge is 2.28. The van der Waals surface area contributed by atoms with Gasteiger partial charge < -0.3 is 15.2 Å². The van der Waals surface area contributed by atoms with Crippen LogP contribution in [-0.4, -0.2) is 23.2 Å². The number of aliphatic hydroxyl groups is 1. The molecule has 114 valence electrons. The molecule has 2 N–H and O–H groups in total. The van der Waals surface area contributed by atoms with Crippen molar-refractivity contribution in [1.29, 1.82) is 5.26 Å². The maximum atomic E-state index is 12.1. The molecule has 0 bridgehead atoms. The molecule has 1 aromatic carbocycles. The lowest BCUT2D eigenvalue weighted by molar-refractivity contribution is -0.128. The molecule has 2 unspecified atom stereocenters. The van der Waals surface area contributed by atoms with Crippen LogP contribution in [0.5, 0.6) is 5.75 Å². The average Bonchev–Trinajstić information content (AvgIpc) is 2.43. The summed E-state index contributed by atoms with van der Waals surface area (Å²) in [6.45, 7) is 7.20. The third-order valence-electron chi connectivity index (χ3n) is 3.04. The number of aliphatic hydroxyl groups excluding tert-OH is 1. The van der Waals surface area contributed by atoms with Crippen molar-refractivity contribution >= 4 is 5.91 Å². The molecule has 0 aliphatic rings. The van der Waals surface area contributed by atoms with Crippen molar-refractivity contribution in [3.63, 3.8) is 0 Å². The number of nitrogens with zero attached hydrogens (tertiary/aromatic N) is 1. The van der Waals surface area contributed by atoms with Crippen LogP contribution in [0.3, 0.4) is 0 Å². The lowest BCUT2D eigenvalue weighted by atomic mass is 9.87. The molecule has 1 amide bonds. The highest BCUT2D eigenvalue weighted by Crippen LogP contribution is 2.19. The Kier molecular flexibility index (Phi) is 5.74. The van der Waals surface area contributed by atoms with Crippen molar-refractivity contribution in [3.8, 4) is 11.8 Å². The van der Waals surface area contributed by atoms with E-state index in [0.29, 0.717) is 11.3 Å². The number of rotatable bonds is 5. The Morgan fingerprint density at radius 2 is 2.14 bits per heavy atom. The minimum absolute atomic E-state index is 0.0850. The van der Waals surface area contributed by atoms with Gasteiger partial charge in [0, 0.05) is 0 Å². The standard InChI is InChI=1S/C16H22N2O3/c1-11(15(20)18-14(9-17)16(2,3)4)21-13-7-5-6-12(8-13)10-19/h5-8,11,14,19H,10H2,1-4H3,(H,18,20). The number of ether oxygens (including phenoxy) is 1. The van der Waals surface area contributed by atoms with E-state index in [2.05, 4.69) is 11.4 Å². The molecule has 0 saturated heterocycles. The lowest BCUT2D eigenvalue weighted by Gasteiger charge is -2.26. The minimum Gasteiger partial charge on any atom is -0.481 e. The fourth-order valence-corrected chi connectivity index (χ4v) is 1.68. The van der Waals surface area contributed by atoms with Gasteiger partial charge in [0.05, 0.1) is 12.7 Å². The number of nitrogens with one attached hydrogen (secondary N) is 1. The van der Waals surface area contributed by atoms with Crippen molar-refractivity contribution in [2.45, 2.75) is 46.4 Å². The molecule has 0 aliphatic heterocycles. The monoisotopic (exact) mass is 290 g/mol. The van der Waals surface area contributed by atoms with E-state index in [0.717, 1.165) is 0 Å². The number of amides is 1.